The first-order valence-electron chi connectivity index (χ1n) is 8.37. The van der Waals surface area contributed by atoms with Crippen molar-refractivity contribution in [2.24, 2.45) is 0 Å². The van der Waals surface area contributed by atoms with E-state index in [4.69, 9.17) is 14.2 Å². The molecule has 1 aliphatic rings. The molecule has 0 saturated carbocycles. The Morgan fingerprint density at radius 1 is 1.22 bits per heavy atom. The van der Waals surface area contributed by atoms with Crippen LogP contribution < -0.4 is 9.47 Å². The fourth-order valence-electron chi connectivity index (χ4n) is 2.64. The van der Waals surface area contributed by atoms with Crippen LogP contribution in [0.4, 0.5) is 0 Å². The topological polar surface area (TPSA) is 57.7 Å². The van der Waals surface area contributed by atoms with Crippen LogP contribution in [-0.4, -0.2) is 17.7 Å². The van der Waals surface area contributed by atoms with E-state index >= 15 is 0 Å². The average Bonchev–Trinajstić information content (AvgIpc) is 3.32. The number of nitrogens with zero attached hydrogens (tertiary/aromatic N) is 1. The van der Waals surface area contributed by atoms with E-state index < -0.39 is 0 Å². The largest absolute Gasteiger partial charge is 0.457 e. The molecule has 3 aromatic rings. The molecular formula is C20H17NO4S2. The van der Waals surface area contributed by atoms with Gasteiger partial charge in [-0.15, -0.1) is 11.3 Å². The zero-order valence-corrected chi connectivity index (χ0v) is 16.3. The van der Waals surface area contributed by atoms with E-state index in [-0.39, 0.29) is 19.4 Å². The molecule has 0 spiro atoms. The molecule has 27 heavy (non-hydrogen) atoms. The maximum Gasteiger partial charge on any atom is 0.338 e. The fraction of sp³-hybridized carbons (Fsp3) is 0.200. The second-order valence-electron chi connectivity index (χ2n) is 5.96. The van der Waals surface area contributed by atoms with Gasteiger partial charge in [-0.05, 0) is 36.2 Å². The molecule has 1 aliphatic heterocycles. The minimum Gasteiger partial charge on any atom is -0.457 e. The number of thioether (sulfide) groups is 1. The summed E-state index contributed by atoms with van der Waals surface area (Å²) in [6.07, 6.45) is 0. The Kier molecular flexibility index (Phi) is 5.31. The van der Waals surface area contributed by atoms with E-state index in [0.717, 1.165) is 21.2 Å². The summed E-state index contributed by atoms with van der Waals surface area (Å²) >= 11 is 3.24. The van der Waals surface area contributed by atoms with E-state index in [1.54, 1.807) is 29.2 Å². The lowest BCUT2D eigenvalue weighted by atomic mass is 10.1. The van der Waals surface area contributed by atoms with Gasteiger partial charge in [-0.2, -0.15) is 0 Å². The van der Waals surface area contributed by atoms with E-state index in [0.29, 0.717) is 22.8 Å². The highest BCUT2D eigenvalue weighted by molar-refractivity contribution is 8.00. The molecule has 5 nitrogen and oxygen atoms in total. The molecule has 0 saturated heterocycles. The second-order valence-corrected chi connectivity index (χ2v) is 8.04. The van der Waals surface area contributed by atoms with Gasteiger partial charge >= 0.3 is 5.97 Å². The number of hydrogen-bond donors (Lipinski definition) is 0. The van der Waals surface area contributed by atoms with Crippen molar-refractivity contribution in [1.82, 2.24) is 4.98 Å². The van der Waals surface area contributed by atoms with Crippen LogP contribution in [0.5, 0.6) is 11.5 Å². The number of benzene rings is 2. The highest BCUT2D eigenvalue weighted by atomic mass is 32.2. The van der Waals surface area contributed by atoms with Gasteiger partial charge in [0.05, 0.1) is 5.56 Å². The molecule has 1 aromatic heterocycles. The Morgan fingerprint density at radius 3 is 2.93 bits per heavy atom. The van der Waals surface area contributed by atoms with Crippen molar-refractivity contribution in [3.8, 4) is 11.5 Å². The van der Waals surface area contributed by atoms with Crippen molar-refractivity contribution in [1.29, 1.82) is 0 Å². The number of thiazole rings is 1. The van der Waals surface area contributed by atoms with Gasteiger partial charge in [0.25, 0.3) is 0 Å². The van der Waals surface area contributed by atoms with Crippen molar-refractivity contribution >= 4 is 29.1 Å². The van der Waals surface area contributed by atoms with Gasteiger partial charge < -0.3 is 14.2 Å². The number of ether oxygens (including phenoxy) is 3. The standard InChI is InChI=1S/C20H17NO4S2/c1-13-10-26-20(21-13)27-11-15-4-2-3-5-16(15)19(22)23-9-14-6-7-17-18(8-14)25-12-24-17/h2-8,10H,9,11-12H2,1H3. The van der Waals surface area contributed by atoms with Crippen LogP contribution >= 0.6 is 23.1 Å². The molecular weight excluding hydrogens is 382 g/mol. The summed E-state index contributed by atoms with van der Waals surface area (Å²) in [6, 6.07) is 13.0. The average molecular weight is 399 g/mol. The summed E-state index contributed by atoms with van der Waals surface area (Å²) < 4.78 is 17.2. The first kappa shape index (κ1) is 17.9. The van der Waals surface area contributed by atoms with Crippen molar-refractivity contribution in [2.75, 3.05) is 6.79 Å². The molecule has 0 unspecified atom stereocenters. The van der Waals surface area contributed by atoms with E-state index in [1.807, 2.05) is 48.7 Å². The number of carbonyl (C=O) groups is 1. The summed E-state index contributed by atoms with van der Waals surface area (Å²) in [4.78, 5) is 17.0. The number of fused-ring (bicyclic) bond motifs is 1. The molecule has 0 amide bonds. The van der Waals surface area contributed by atoms with E-state index in [9.17, 15) is 4.79 Å². The van der Waals surface area contributed by atoms with Gasteiger partial charge in [-0.3, -0.25) is 0 Å². The number of esters is 1. The molecule has 138 valence electrons. The Labute approximate surface area is 165 Å². The van der Waals surface area contributed by atoms with Crippen molar-refractivity contribution < 1.29 is 19.0 Å². The summed E-state index contributed by atoms with van der Waals surface area (Å²) in [7, 11) is 0. The van der Waals surface area contributed by atoms with Gasteiger partial charge in [0.2, 0.25) is 6.79 Å². The Bertz CT molecular complexity index is 970. The van der Waals surface area contributed by atoms with Crippen LogP contribution in [0.15, 0.2) is 52.2 Å². The monoisotopic (exact) mass is 399 g/mol. The zero-order valence-electron chi connectivity index (χ0n) is 14.6. The molecule has 0 bridgehead atoms. The summed E-state index contributed by atoms with van der Waals surface area (Å²) in [5.74, 6) is 1.73. The quantitative estimate of drug-likeness (QED) is 0.437. The van der Waals surface area contributed by atoms with Gasteiger partial charge in [0, 0.05) is 16.8 Å². The van der Waals surface area contributed by atoms with Crippen molar-refractivity contribution in [2.45, 2.75) is 23.6 Å². The lowest BCUT2D eigenvalue weighted by Gasteiger charge is -2.09. The smallest absolute Gasteiger partial charge is 0.338 e. The predicted octanol–water partition coefficient (Wildman–Crippen LogP) is 4.83. The van der Waals surface area contributed by atoms with Gasteiger partial charge in [-0.1, -0.05) is 36.0 Å². The summed E-state index contributed by atoms with van der Waals surface area (Å²) in [5.41, 5.74) is 3.39. The second kappa shape index (κ2) is 8.02. The van der Waals surface area contributed by atoms with E-state index in [2.05, 4.69) is 4.98 Å². The van der Waals surface area contributed by atoms with Gasteiger partial charge in [-0.25, -0.2) is 9.78 Å². The van der Waals surface area contributed by atoms with Crippen LogP contribution in [0.25, 0.3) is 0 Å². The molecule has 0 fully saturated rings. The van der Waals surface area contributed by atoms with Crippen LogP contribution in [0.3, 0.4) is 0 Å². The van der Waals surface area contributed by atoms with Crippen LogP contribution in [0, 0.1) is 6.92 Å². The molecule has 0 atom stereocenters. The molecule has 0 radical (unpaired) electrons. The van der Waals surface area contributed by atoms with Crippen LogP contribution in [0.1, 0.15) is 27.2 Å². The first-order chi connectivity index (χ1) is 13.2. The highest BCUT2D eigenvalue weighted by Crippen LogP contribution is 2.33. The van der Waals surface area contributed by atoms with Crippen LogP contribution in [-0.2, 0) is 17.1 Å². The van der Waals surface area contributed by atoms with Gasteiger partial charge in [0.15, 0.2) is 11.5 Å². The minimum atomic E-state index is -0.334. The maximum atomic E-state index is 12.6. The summed E-state index contributed by atoms with van der Waals surface area (Å²) in [5, 5.41) is 2.02. The zero-order chi connectivity index (χ0) is 18.6. The number of aromatic nitrogens is 1. The molecule has 7 heteroatoms. The normalized spacial score (nSPS) is 12.2. The fourth-order valence-corrected chi connectivity index (χ4v) is 4.49. The Hall–Kier alpha value is -2.51. The Balaban J connectivity index is 1.41. The highest BCUT2D eigenvalue weighted by Gasteiger charge is 2.16. The lowest BCUT2D eigenvalue weighted by molar-refractivity contribution is 0.0471. The maximum absolute atomic E-state index is 12.6. The van der Waals surface area contributed by atoms with E-state index in [1.165, 1.54) is 0 Å². The number of rotatable bonds is 6. The molecule has 4 rings (SSSR count). The SMILES string of the molecule is Cc1csc(SCc2ccccc2C(=O)OCc2ccc3c(c2)OCO3)n1. The summed E-state index contributed by atoms with van der Waals surface area (Å²) in [6.45, 7) is 2.38. The third-order valence-corrected chi connectivity index (χ3v) is 6.18. The van der Waals surface area contributed by atoms with Crippen molar-refractivity contribution in [3.05, 3.63) is 70.2 Å². The molecule has 0 N–H and O–H groups in total. The first-order valence-corrected chi connectivity index (χ1v) is 10.2. The predicted molar refractivity (Wildman–Crippen MR) is 105 cm³/mol. The van der Waals surface area contributed by atoms with Gasteiger partial charge in [0.1, 0.15) is 10.9 Å². The molecule has 2 aromatic carbocycles. The number of hydrogen-bond acceptors (Lipinski definition) is 7. The molecule has 2 heterocycles. The third kappa shape index (κ3) is 4.26. The third-order valence-electron chi connectivity index (χ3n) is 3.99. The van der Waals surface area contributed by atoms with Crippen molar-refractivity contribution in [3.63, 3.8) is 0 Å². The van der Waals surface area contributed by atoms with Crippen LogP contribution in [0.2, 0.25) is 0 Å². The molecule has 0 aliphatic carbocycles. The Morgan fingerprint density at radius 2 is 2.07 bits per heavy atom. The minimum absolute atomic E-state index is 0.183. The lowest BCUT2D eigenvalue weighted by Crippen LogP contribution is -2.08. The number of carbonyl (C=O) groups excluding carboxylic acids is 1. The number of aryl methyl sites for hydroxylation is 1.